The molecular weight excluding hydrogens is 260 g/mol. The van der Waals surface area contributed by atoms with Crippen molar-refractivity contribution < 1.29 is 18.7 Å². The summed E-state index contributed by atoms with van der Waals surface area (Å²) >= 11 is 0. The number of nitrogens with one attached hydrogen (secondary N) is 2. The van der Waals surface area contributed by atoms with Crippen LogP contribution in [0.3, 0.4) is 0 Å². The van der Waals surface area contributed by atoms with E-state index in [0.717, 1.165) is 0 Å². The second kappa shape index (κ2) is 8.37. The van der Waals surface area contributed by atoms with Crippen LogP contribution in [0.25, 0.3) is 0 Å². The van der Waals surface area contributed by atoms with Crippen LogP contribution in [0.2, 0.25) is 0 Å². The average molecular weight is 282 g/mol. The molecule has 0 radical (unpaired) electrons. The van der Waals surface area contributed by atoms with Gasteiger partial charge in [-0.1, -0.05) is 13.8 Å². The Morgan fingerprint density at radius 1 is 1.40 bits per heavy atom. The number of carbonyl (C=O) groups is 2. The van der Waals surface area contributed by atoms with Crippen LogP contribution in [0.15, 0.2) is 22.8 Å². The number of ether oxygens (including phenoxy) is 1. The van der Waals surface area contributed by atoms with Crippen molar-refractivity contribution in [2.75, 3.05) is 13.7 Å². The Morgan fingerprint density at radius 2 is 2.15 bits per heavy atom. The van der Waals surface area contributed by atoms with Crippen molar-refractivity contribution in [1.29, 1.82) is 0 Å². The number of rotatable bonds is 8. The monoisotopic (exact) mass is 282 g/mol. The number of methoxy groups -OCH3 is 1. The van der Waals surface area contributed by atoms with Crippen molar-refractivity contribution in [2.45, 2.75) is 32.9 Å². The van der Waals surface area contributed by atoms with E-state index in [0.29, 0.717) is 24.6 Å². The summed E-state index contributed by atoms with van der Waals surface area (Å²) in [6.07, 6.45) is 2.17. The molecule has 0 saturated heterocycles. The smallest absolute Gasteiger partial charge is 0.322 e. The van der Waals surface area contributed by atoms with E-state index in [9.17, 15) is 9.59 Å². The molecular formula is C14H22N2O4. The van der Waals surface area contributed by atoms with Gasteiger partial charge in [-0.3, -0.25) is 14.9 Å². The summed E-state index contributed by atoms with van der Waals surface area (Å²) in [4.78, 5) is 23.2. The first-order valence-electron chi connectivity index (χ1n) is 6.63. The Labute approximate surface area is 118 Å². The molecule has 2 N–H and O–H groups in total. The highest BCUT2D eigenvalue weighted by atomic mass is 16.5. The van der Waals surface area contributed by atoms with Crippen LogP contribution in [0, 0.1) is 5.92 Å². The molecule has 20 heavy (non-hydrogen) atoms. The van der Waals surface area contributed by atoms with Gasteiger partial charge in [-0.2, -0.15) is 0 Å². The summed E-state index contributed by atoms with van der Waals surface area (Å²) in [7, 11) is 1.34. The van der Waals surface area contributed by atoms with Crippen LogP contribution in [-0.2, 0) is 20.9 Å². The molecule has 112 valence electrons. The Kier molecular flexibility index (Phi) is 6.79. The standard InChI is InChI=1S/C14H22N2O4/c1-10(2)7-12(14(18)19-3)15-9-13(17)16-8-11-5-4-6-20-11/h4-6,10,12,15H,7-9H2,1-3H3,(H,16,17). The topological polar surface area (TPSA) is 80.6 Å². The Hall–Kier alpha value is -1.82. The van der Waals surface area contributed by atoms with Crippen molar-refractivity contribution in [2.24, 2.45) is 5.92 Å². The molecule has 0 bridgehead atoms. The lowest BCUT2D eigenvalue weighted by Gasteiger charge is -2.17. The molecule has 0 aromatic carbocycles. The quantitative estimate of drug-likeness (QED) is 0.697. The third-order valence-electron chi connectivity index (χ3n) is 2.74. The Morgan fingerprint density at radius 3 is 2.70 bits per heavy atom. The minimum absolute atomic E-state index is 0.0627. The van der Waals surface area contributed by atoms with Crippen molar-refractivity contribution in [1.82, 2.24) is 10.6 Å². The molecule has 6 nitrogen and oxygen atoms in total. The maximum atomic E-state index is 11.7. The molecule has 1 heterocycles. The van der Waals surface area contributed by atoms with Crippen LogP contribution in [0.5, 0.6) is 0 Å². The molecule has 1 unspecified atom stereocenters. The normalized spacial score (nSPS) is 12.2. The van der Waals surface area contributed by atoms with Gasteiger partial charge >= 0.3 is 5.97 Å². The van der Waals surface area contributed by atoms with Crippen molar-refractivity contribution >= 4 is 11.9 Å². The molecule has 0 aliphatic carbocycles. The molecule has 6 heteroatoms. The molecule has 1 atom stereocenters. The zero-order chi connectivity index (χ0) is 15.0. The fourth-order valence-electron chi connectivity index (χ4n) is 1.75. The molecule has 0 saturated carbocycles. The second-order valence-corrected chi connectivity index (χ2v) is 4.94. The summed E-state index contributed by atoms with van der Waals surface area (Å²) in [5, 5.41) is 5.62. The maximum absolute atomic E-state index is 11.7. The fourth-order valence-corrected chi connectivity index (χ4v) is 1.75. The van der Waals surface area contributed by atoms with Gasteiger partial charge in [0, 0.05) is 0 Å². The zero-order valence-corrected chi connectivity index (χ0v) is 12.1. The molecule has 1 rings (SSSR count). The lowest BCUT2D eigenvalue weighted by atomic mass is 10.0. The van der Waals surface area contributed by atoms with Gasteiger partial charge < -0.3 is 14.5 Å². The Balaban J connectivity index is 2.34. The average Bonchev–Trinajstić information content (AvgIpc) is 2.93. The summed E-state index contributed by atoms with van der Waals surface area (Å²) in [5.74, 6) is 0.472. The predicted molar refractivity (Wildman–Crippen MR) is 73.8 cm³/mol. The molecule has 1 aromatic rings. The molecule has 0 aliphatic heterocycles. The summed E-state index contributed by atoms with van der Waals surface area (Å²) in [5.41, 5.74) is 0. The van der Waals surface area contributed by atoms with E-state index in [-0.39, 0.29) is 18.4 Å². The van der Waals surface area contributed by atoms with Gasteiger partial charge in [-0.15, -0.1) is 0 Å². The van der Waals surface area contributed by atoms with Gasteiger partial charge in [0.1, 0.15) is 11.8 Å². The Bertz CT molecular complexity index is 415. The number of carbonyl (C=O) groups excluding carboxylic acids is 2. The molecule has 0 fully saturated rings. The predicted octanol–water partition coefficient (Wildman–Crippen LogP) is 1.07. The molecule has 1 amide bonds. The minimum atomic E-state index is -0.464. The van der Waals surface area contributed by atoms with E-state index in [1.807, 2.05) is 13.8 Å². The van der Waals surface area contributed by atoms with Gasteiger partial charge in [-0.25, -0.2) is 0 Å². The summed E-state index contributed by atoms with van der Waals surface area (Å²) in [6.45, 7) is 4.41. The molecule has 1 aromatic heterocycles. The van der Waals surface area contributed by atoms with E-state index < -0.39 is 6.04 Å². The molecule has 0 aliphatic rings. The first-order valence-corrected chi connectivity index (χ1v) is 6.63. The van der Waals surface area contributed by atoms with E-state index in [1.54, 1.807) is 18.4 Å². The van der Waals surface area contributed by atoms with E-state index in [2.05, 4.69) is 10.6 Å². The maximum Gasteiger partial charge on any atom is 0.322 e. The first kappa shape index (κ1) is 16.2. The van der Waals surface area contributed by atoms with Crippen molar-refractivity contribution in [3.8, 4) is 0 Å². The zero-order valence-electron chi connectivity index (χ0n) is 12.1. The van der Waals surface area contributed by atoms with Crippen LogP contribution < -0.4 is 10.6 Å². The van der Waals surface area contributed by atoms with Gasteiger partial charge in [0.05, 0.1) is 26.5 Å². The van der Waals surface area contributed by atoms with Gasteiger partial charge in [0.15, 0.2) is 0 Å². The third kappa shape index (κ3) is 5.88. The number of furan rings is 1. The number of hydrogen-bond acceptors (Lipinski definition) is 5. The molecule has 0 spiro atoms. The van der Waals surface area contributed by atoms with E-state index in [1.165, 1.54) is 7.11 Å². The number of esters is 1. The SMILES string of the molecule is COC(=O)C(CC(C)C)NCC(=O)NCc1ccco1. The highest BCUT2D eigenvalue weighted by Gasteiger charge is 2.20. The van der Waals surface area contributed by atoms with Gasteiger partial charge in [0.25, 0.3) is 0 Å². The van der Waals surface area contributed by atoms with Crippen LogP contribution in [-0.4, -0.2) is 31.6 Å². The summed E-state index contributed by atoms with van der Waals surface area (Å²) in [6, 6.07) is 3.08. The second-order valence-electron chi connectivity index (χ2n) is 4.94. The van der Waals surface area contributed by atoms with E-state index in [4.69, 9.17) is 9.15 Å². The van der Waals surface area contributed by atoms with Gasteiger partial charge in [-0.05, 0) is 24.5 Å². The fraction of sp³-hybridized carbons (Fsp3) is 0.571. The largest absolute Gasteiger partial charge is 0.468 e. The van der Waals surface area contributed by atoms with Crippen LogP contribution >= 0.6 is 0 Å². The van der Waals surface area contributed by atoms with Crippen LogP contribution in [0.1, 0.15) is 26.0 Å². The first-order chi connectivity index (χ1) is 9.52. The van der Waals surface area contributed by atoms with Crippen LogP contribution in [0.4, 0.5) is 0 Å². The third-order valence-corrected chi connectivity index (χ3v) is 2.74. The van der Waals surface area contributed by atoms with E-state index >= 15 is 0 Å². The van der Waals surface area contributed by atoms with Gasteiger partial charge in [0.2, 0.25) is 5.91 Å². The number of amides is 1. The highest BCUT2D eigenvalue weighted by Crippen LogP contribution is 2.06. The highest BCUT2D eigenvalue weighted by molar-refractivity contribution is 5.80. The lowest BCUT2D eigenvalue weighted by molar-refractivity contribution is -0.143. The van der Waals surface area contributed by atoms with Crippen molar-refractivity contribution in [3.63, 3.8) is 0 Å². The van der Waals surface area contributed by atoms with Crippen molar-refractivity contribution in [3.05, 3.63) is 24.2 Å². The lowest BCUT2D eigenvalue weighted by Crippen LogP contribution is -2.44. The minimum Gasteiger partial charge on any atom is -0.468 e. The summed E-state index contributed by atoms with van der Waals surface area (Å²) < 4.78 is 9.82. The number of hydrogen-bond donors (Lipinski definition) is 2.